The molecule has 1 aliphatic rings. The Hall–Kier alpha value is -0.580. The highest BCUT2D eigenvalue weighted by molar-refractivity contribution is 8.00. The second-order valence-corrected chi connectivity index (χ2v) is 5.06. The first-order valence-corrected chi connectivity index (χ1v) is 5.85. The third-order valence-electron chi connectivity index (χ3n) is 2.37. The second-order valence-electron chi connectivity index (χ2n) is 3.72. The SMILES string of the molecule is C[C@H](N)c1c(F)cccc1SC1COC1. The zero-order valence-electron chi connectivity index (χ0n) is 8.57. The molecule has 0 spiro atoms. The molecule has 1 aromatic rings. The minimum atomic E-state index is -0.269. The van der Waals surface area contributed by atoms with Crippen LogP contribution in [0.1, 0.15) is 18.5 Å². The Morgan fingerprint density at radius 2 is 2.27 bits per heavy atom. The van der Waals surface area contributed by atoms with Gasteiger partial charge in [-0.25, -0.2) is 4.39 Å². The molecular formula is C11H14FNOS. The summed E-state index contributed by atoms with van der Waals surface area (Å²) in [6, 6.07) is 4.84. The van der Waals surface area contributed by atoms with E-state index in [1.807, 2.05) is 6.07 Å². The van der Waals surface area contributed by atoms with Crippen LogP contribution in [0.25, 0.3) is 0 Å². The van der Waals surface area contributed by atoms with Crippen molar-refractivity contribution in [3.63, 3.8) is 0 Å². The Bertz CT molecular complexity index is 352. The molecule has 4 heteroatoms. The molecule has 1 saturated heterocycles. The van der Waals surface area contributed by atoms with Crippen LogP contribution in [0.15, 0.2) is 23.1 Å². The quantitative estimate of drug-likeness (QED) is 0.860. The lowest BCUT2D eigenvalue weighted by Gasteiger charge is -2.26. The van der Waals surface area contributed by atoms with Gasteiger partial charge in [-0.3, -0.25) is 0 Å². The van der Waals surface area contributed by atoms with E-state index in [0.29, 0.717) is 10.8 Å². The smallest absolute Gasteiger partial charge is 0.129 e. The molecule has 1 atom stereocenters. The molecule has 2 nitrogen and oxygen atoms in total. The van der Waals surface area contributed by atoms with Gasteiger partial charge in [-0.2, -0.15) is 0 Å². The van der Waals surface area contributed by atoms with Crippen LogP contribution in [0.2, 0.25) is 0 Å². The molecule has 0 saturated carbocycles. The van der Waals surface area contributed by atoms with Gasteiger partial charge in [-0.1, -0.05) is 6.07 Å². The van der Waals surface area contributed by atoms with Crippen LogP contribution in [0.3, 0.4) is 0 Å². The van der Waals surface area contributed by atoms with E-state index in [9.17, 15) is 4.39 Å². The zero-order chi connectivity index (χ0) is 10.8. The minimum Gasteiger partial charge on any atom is -0.379 e. The van der Waals surface area contributed by atoms with Gasteiger partial charge in [0.25, 0.3) is 0 Å². The molecule has 2 N–H and O–H groups in total. The van der Waals surface area contributed by atoms with Crippen molar-refractivity contribution in [3.05, 3.63) is 29.6 Å². The van der Waals surface area contributed by atoms with Gasteiger partial charge in [-0.15, -0.1) is 11.8 Å². The van der Waals surface area contributed by atoms with Crippen molar-refractivity contribution in [1.82, 2.24) is 0 Å². The summed E-state index contributed by atoms with van der Waals surface area (Å²) in [7, 11) is 0. The van der Waals surface area contributed by atoms with Gasteiger partial charge in [0.2, 0.25) is 0 Å². The fourth-order valence-electron chi connectivity index (χ4n) is 1.52. The largest absolute Gasteiger partial charge is 0.379 e. The van der Waals surface area contributed by atoms with Crippen molar-refractivity contribution in [2.45, 2.75) is 23.1 Å². The normalized spacial score (nSPS) is 18.6. The average molecular weight is 227 g/mol. The molecule has 0 aromatic heterocycles. The molecule has 0 amide bonds. The molecule has 0 unspecified atom stereocenters. The van der Waals surface area contributed by atoms with Gasteiger partial charge in [0.1, 0.15) is 5.82 Å². The molecule has 82 valence electrons. The molecule has 1 aliphatic heterocycles. The lowest BCUT2D eigenvalue weighted by Crippen LogP contribution is -2.30. The number of hydrogen-bond donors (Lipinski definition) is 1. The Kier molecular flexibility index (Phi) is 3.29. The third kappa shape index (κ3) is 2.33. The Morgan fingerprint density at radius 3 is 2.80 bits per heavy atom. The van der Waals surface area contributed by atoms with Gasteiger partial charge in [0.05, 0.1) is 18.5 Å². The van der Waals surface area contributed by atoms with Gasteiger partial charge in [-0.05, 0) is 19.1 Å². The fraction of sp³-hybridized carbons (Fsp3) is 0.455. The summed E-state index contributed by atoms with van der Waals surface area (Å²) in [4.78, 5) is 0.943. The lowest BCUT2D eigenvalue weighted by molar-refractivity contribution is 0.0455. The number of hydrogen-bond acceptors (Lipinski definition) is 3. The van der Waals surface area contributed by atoms with Crippen molar-refractivity contribution >= 4 is 11.8 Å². The van der Waals surface area contributed by atoms with Crippen LogP contribution in [0, 0.1) is 5.82 Å². The van der Waals surface area contributed by atoms with E-state index < -0.39 is 0 Å². The van der Waals surface area contributed by atoms with Gasteiger partial charge in [0.15, 0.2) is 0 Å². The highest BCUT2D eigenvalue weighted by Gasteiger charge is 2.22. The summed E-state index contributed by atoms with van der Waals surface area (Å²) in [6.07, 6.45) is 0. The molecule has 1 heterocycles. The molecule has 0 radical (unpaired) electrons. The first kappa shape index (κ1) is 10.9. The van der Waals surface area contributed by atoms with Gasteiger partial charge >= 0.3 is 0 Å². The third-order valence-corrected chi connectivity index (χ3v) is 3.58. The Labute approximate surface area is 93.0 Å². The summed E-state index contributed by atoms with van der Waals surface area (Å²) >= 11 is 1.65. The van der Waals surface area contributed by atoms with Crippen LogP contribution in [-0.4, -0.2) is 18.5 Å². The molecule has 0 aliphatic carbocycles. The summed E-state index contributed by atoms with van der Waals surface area (Å²) in [5, 5.41) is 0.448. The molecule has 1 fully saturated rings. The number of benzene rings is 1. The summed E-state index contributed by atoms with van der Waals surface area (Å²) in [5.74, 6) is -0.213. The van der Waals surface area contributed by atoms with Crippen LogP contribution in [-0.2, 0) is 4.74 Å². The molecule has 0 bridgehead atoms. The maximum Gasteiger partial charge on any atom is 0.129 e. The number of ether oxygens (including phenoxy) is 1. The monoisotopic (exact) mass is 227 g/mol. The number of nitrogens with two attached hydrogens (primary N) is 1. The first-order chi connectivity index (χ1) is 7.18. The maximum absolute atomic E-state index is 13.5. The average Bonchev–Trinajstić information content (AvgIpc) is 2.10. The van der Waals surface area contributed by atoms with Crippen LogP contribution in [0.4, 0.5) is 4.39 Å². The molecule has 1 aromatic carbocycles. The van der Waals surface area contributed by atoms with Crippen molar-refractivity contribution in [3.8, 4) is 0 Å². The van der Waals surface area contributed by atoms with Crippen molar-refractivity contribution in [1.29, 1.82) is 0 Å². The number of halogens is 1. The van der Waals surface area contributed by atoms with Gasteiger partial charge < -0.3 is 10.5 Å². The van der Waals surface area contributed by atoms with Crippen molar-refractivity contribution in [2.24, 2.45) is 5.73 Å². The second kappa shape index (κ2) is 4.51. The Morgan fingerprint density at radius 1 is 1.53 bits per heavy atom. The predicted octanol–water partition coefficient (Wildman–Crippen LogP) is 2.34. The summed E-state index contributed by atoms with van der Waals surface area (Å²) < 4.78 is 18.6. The zero-order valence-corrected chi connectivity index (χ0v) is 9.39. The predicted molar refractivity (Wildman–Crippen MR) is 59.5 cm³/mol. The molecule has 2 rings (SSSR count). The lowest BCUT2D eigenvalue weighted by atomic mass is 10.1. The minimum absolute atomic E-state index is 0.213. The van der Waals surface area contributed by atoms with E-state index >= 15 is 0 Å². The first-order valence-electron chi connectivity index (χ1n) is 4.97. The van der Waals surface area contributed by atoms with Crippen LogP contribution < -0.4 is 5.73 Å². The Balaban J connectivity index is 2.23. The van der Waals surface area contributed by atoms with E-state index in [2.05, 4.69) is 0 Å². The summed E-state index contributed by atoms with van der Waals surface area (Å²) in [6.45, 7) is 3.30. The van der Waals surface area contributed by atoms with Crippen LogP contribution >= 0.6 is 11.8 Å². The van der Waals surface area contributed by atoms with E-state index in [1.54, 1.807) is 24.8 Å². The van der Waals surface area contributed by atoms with E-state index in [-0.39, 0.29) is 11.9 Å². The number of thioether (sulfide) groups is 1. The maximum atomic E-state index is 13.5. The topological polar surface area (TPSA) is 35.2 Å². The van der Waals surface area contributed by atoms with Crippen molar-refractivity contribution in [2.75, 3.05) is 13.2 Å². The highest BCUT2D eigenvalue weighted by atomic mass is 32.2. The van der Waals surface area contributed by atoms with E-state index in [4.69, 9.17) is 10.5 Å². The highest BCUT2D eigenvalue weighted by Crippen LogP contribution is 2.33. The van der Waals surface area contributed by atoms with Gasteiger partial charge in [0, 0.05) is 16.5 Å². The molecule has 15 heavy (non-hydrogen) atoms. The summed E-state index contributed by atoms with van der Waals surface area (Å²) in [5.41, 5.74) is 6.39. The van der Waals surface area contributed by atoms with Crippen LogP contribution in [0.5, 0.6) is 0 Å². The van der Waals surface area contributed by atoms with Crippen molar-refractivity contribution < 1.29 is 9.13 Å². The van der Waals surface area contributed by atoms with E-state index in [1.165, 1.54) is 6.07 Å². The molecular weight excluding hydrogens is 213 g/mol. The fourth-order valence-corrected chi connectivity index (χ4v) is 2.78. The standard InChI is InChI=1S/C11H14FNOS/c1-7(13)11-9(12)3-2-4-10(11)15-8-5-14-6-8/h2-4,7-8H,5-6,13H2,1H3/t7-/m0/s1. The van der Waals surface area contributed by atoms with E-state index in [0.717, 1.165) is 18.1 Å². The number of rotatable bonds is 3.